The number of ether oxygens (including phenoxy) is 4. The molecular weight excluding hydrogens is 336 g/mol. The van der Waals surface area contributed by atoms with Gasteiger partial charge in [-0.2, -0.15) is 0 Å². The molecule has 26 heavy (non-hydrogen) atoms. The van der Waals surface area contributed by atoms with Crippen molar-refractivity contribution in [3.8, 4) is 11.5 Å². The fourth-order valence-corrected chi connectivity index (χ4v) is 3.26. The summed E-state index contributed by atoms with van der Waals surface area (Å²) in [7, 11) is 4.55. The molecule has 0 saturated heterocycles. The number of esters is 2. The van der Waals surface area contributed by atoms with Crippen LogP contribution in [0.3, 0.4) is 0 Å². The summed E-state index contributed by atoms with van der Waals surface area (Å²) in [6, 6.07) is 0. The quantitative estimate of drug-likeness (QED) is 0.521. The highest BCUT2D eigenvalue weighted by Crippen LogP contribution is 2.43. The molecule has 0 aliphatic carbocycles. The average Bonchev–Trinajstić information content (AvgIpc) is 3.03. The van der Waals surface area contributed by atoms with E-state index in [9.17, 15) is 9.59 Å². The van der Waals surface area contributed by atoms with Crippen LogP contribution in [-0.2, 0) is 33.7 Å². The van der Waals surface area contributed by atoms with Gasteiger partial charge in [-0.1, -0.05) is 18.6 Å². The summed E-state index contributed by atoms with van der Waals surface area (Å²) in [5.74, 6) is 0.648. The second-order valence-electron chi connectivity index (χ2n) is 6.14. The molecule has 2 rings (SSSR count). The molecule has 0 fully saturated rings. The van der Waals surface area contributed by atoms with Crippen molar-refractivity contribution in [3.63, 3.8) is 0 Å². The van der Waals surface area contributed by atoms with E-state index in [0.29, 0.717) is 30.6 Å². The Labute approximate surface area is 154 Å². The second-order valence-corrected chi connectivity index (χ2v) is 6.14. The van der Waals surface area contributed by atoms with Crippen LogP contribution in [0.5, 0.6) is 11.5 Å². The number of carbonyl (C=O) groups excluding carboxylic acids is 2. The topological polar surface area (TPSA) is 71.1 Å². The predicted octanol–water partition coefficient (Wildman–Crippen LogP) is 3.38. The summed E-state index contributed by atoms with van der Waals surface area (Å²) < 4.78 is 21.1. The van der Waals surface area contributed by atoms with Crippen molar-refractivity contribution < 1.29 is 28.5 Å². The first-order valence-corrected chi connectivity index (χ1v) is 8.66. The van der Waals surface area contributed by atoms with Crippen molar-refractivity contribution >= 4 is 11.9 Å². The van der Waals surface area contributed by atoms with Gasteiger partial charge in [0.15, 0.2) is 0 Å². The Morgan fingerprint density at radius 3 is 2.38 bits per heavy atom. The number of hydrogen-bond acceptors (Lipinski definition) is 6. The number of methoxy groups -OCH3 is 3. The molecule has 1 aliphatic heterocycles. The van der Waals surface area contributed by atoms with Crippen molar-refractivity contribution in [3.05, 3.63) is 33.9 Å². The van der Waals surface area contributed by atoms with Gasteiger partial charge in [0.05, 0.1) is 21.3 Å². The molecule has 0 amide bonds. The molecule has 1 heterocycles. The third-order valence-corrected chi connectivity index (χ3v) is 4.63. The predicted molar refractivity (Wildman–Crippen MR) is 96.8 cm³/mol. The van der Waals surface area contributed by atoms with Crippen LogP contribution in [0.25, 0.3) is 0 Å². The minimum Gasteiger partial charge on any atom is -0.496 e. The number of allylic oxidation sites excluding steroid dienone is 2. The van der Waals surface area contributed by atoms with Crippen LogP contribution in [-0.4, -0.2) is 33.3 Å². The molecule has 1 aliphatic rings. The average molecular weight is 362 g/mol. The van der Waals surface area contributed by atoms with Gasteiger partial charge in [0.1, 0.15) is 23.7 Å². The summed E-state index contributed by atoms with van der Waals surface area (Å²) in [6.45, 7) is 4.23. The molecule has 6 heteroatoms. The Morgan fingerprint density at radius 2 is 1.81 bits per heavy atom. The molecule has 0 unspecified atom stereocenters. The standard InChI is InChI=1S/C20H26O6/c1-6-13-15-11-26-20(22)17(15)19(25-5)14(18(13)24-4)9-7-12(2)8-10-16(21)23-3/h7H,6,8-11H2,1-5H3/b12-7+. The first-order valence-electron chi connectivity index (χ1n) is 8.66. The summed E-state index contributed by atoms with van der Waals surface area (Å²) >= 11 is 0. The summed E-state index contributed by atoms with van der Waals surface area (Å²) in [5.41, 5.74) is 4.20. The van der Waals surface area contributed by atoms with Crippen molar-refractivity contribution in [1.29, 1.82) is 0 Å². The molecule has 0 N–H and O–H groups in total. The lowest BCUT2D eigenvalue weighted by atomic mass is 9.92. The van der Waals surface area contributed by atoms with Gasteiger partial charge in [-0.25, -0.2) is 4.79 Å². The number of cyclic esters (lactones) is 1. The maximum absolute atomic E-state index is 12.2. The SMILES string of the molecule is CCc1c2c(c(OC)c(C/C=C(\C)CCC(=O)OC)c1OC)C(=O)OC2. The molecule has 6 nitrogen and oxygen atoms in total. The van der Waals surface area contributed by atoms with Crippen LogP contribution >= 0.6 is 0 Å². The van der Waals surface area contributed by atoms with Crippen LogP contribution in [0.15, 0.2) is 11.6 Å². The van der Waals surface area contributed by atoms with E-state index in [1.807, 2.05) is 19.9 Å². The lowest BCUT2D eigenvalue weighted by molar-refractivity contribution is -0.140. The molecular formula is C20H26O6. The van der Waals surface area contributed by atoms with Gasteiger partial charge in [-0.15, -0.1) is 0 Å². The maximum Gasteiger partial charge on any atom is 0.342 e. The minimum atomic E-state index is -0.359. The van der Waals surface area contributed by atoms with Crippen molar-refractivity contribution in [2.45, 2.75) is 46.1 Å². The van der Waals surface area contributed by atoms with E-state index < -0.39 is 0 Å². The maximum atomic E-state index is 12.2. The molecule has 0 aromatic heterocycles. The third kappa shape index (κ3) is 3.84. The number of benzene rings is 1. The Bertz CT molecular complexity index is 733. The lowest BCUT2D eigenvalue weighted by Crippen LogP contribution is -2.08. The summed E-state index contributed by atoms with van der Waals surface area (Å²) in [5, 5.41) is 0. The van der Waals surface area contributed by atoms with Crippen LogP contribution in [0.2, 0.25) is 0 Å². The van der Waals surface area contributed by atoms with Gasteiger partial charge in [-0.05, 0) is 26.2 Å². The van der Waals surface area contributed by atoms with Gasteiger partial charge in [0.2, 0.25) is 0 Å². The fraction of sp³-hybridized carbons (Fsp3) is 0.500. The third-order valence-electron chi connectivity index (χ3n) is 4.63. The number of fused-ring (bicyclic) bond motifs is 1. The number of rotatable bonds is 8. The van der Waals surface area contributed by atoms with E-state index >= 15 is 0 Å². The van der Waals surface area contributed by atoms with Gasteiger partial charge < -0.3 is 18.9 Å². The first kappa shape index (κ1) is 19.8. The smallest absolute Gasteiger partial charge is 0.342 e. The summed E-state index contributed by atoms with van der Waals surface area (Å²) in [4.78, 5) is 23.5. The van der Waals surface area contributed by atoms with E-state index in [-0.39, 0.29) is 18.5 Å². The van der Waals surface area contributed by atoms with Crippen LogP contribution in [0.1, 0.15) is 53.7 Å². The molecule has 0 spiro atoms. The van der Waals surface area contributed by atoms with E-state index in [0.717, 1.165) is 34.4 Å². The van der Waals surface area contributed by atoms with Crippen LogP contribution in [0.4, 0.5) is 0 Å². The van der Waals surface area contributed by atoms with E-state index in [4.69, 9.17) is 14.2 Å². The highest BCUT2D eigenvalue weighted by Gasteiger charge is 2.33. The van der Waals surface area contributed by atoms with E-state index in [2.05, 4.69) is 4.74 Å². The van der Waals surface area contributed by atoms with E-state index in [1.165, 1.54) is 7.11 Å². The van der Waals surface area contributed by atoms with Gasteiger partial charge in [-0.3, -0.25) is 4.79 Å². The molecule has 142 valence electrons. The minimum absolute atomic E-state index is 0.235. The normalized spacial score (nSPS) is 13.3. The Hall–Kier alpha value is -2.50. The van der Waals surface area contributed by atoms with Crippen molar-refractivity contribution in [2.75, 3.05) is 21.3 Å². The first-order chi connectivity index (χ1) is 12.5. The number of hydrogen-bond donors (Lipinski definition) is 0. The zero-order chi connectivity index (χ0) is 19.3. The Morgan fingerprint density at radius 1 is 1.12 bits per heavy atom. The highest BCUT2D eigenvalue weighted by molar-refractivity contribution is 5.98. The fourth-order valence-electron chi connectivity index (χ4n) is 3.26. The molecule has 1 aromatic carbocycles. The summed E-state index contributed by atoms with van der Waals surface area (Å²) in [6.07, 6.45) is 4.24. The second kappa shape index (κ2) is 8.74. The molecule has 0 saturated carbocycles. The van der Waals surface area contributed by atoms with E-state index in [1.54, 1.807) is 14.2 Å². The molecule has 0 radical (unpaired) electrons. The van der Waals surface area contributed by atoms with Crippen LogP contribution in [0, 0.1) is 0 Å². The monoisotopic (exact) mass is 362 g/mol. The molecule has 0 atom stereocenters. The lowest BCUT2D eigenvalue weighted by Gasteiger charge is -2.19. The molecule has 0 bridgehead atoms. The van der Waals surface area contributed by atoms with Crippen LogP contribution < -0.4 is 9.47 Å². The highest BCUT2D eigenvalue weighted by atomic mass is 16.5. The molecule has 1 aromatic rings. The zero-order valence-electron chi connectivity index (χ0n) is 16.1. The number of carbonyl (C=O) groups is 2. The Kier molecular flexibility index (Phi) is 6.66. The van der Waals surface area contributed by atoms with Crippen molar-refractivity contribution in [1.82, 2.24) is 0 Å². The van der Waals surface area contributed by atoms with Gasteiger partial charge >= 0.3 is 11.9 Å². The van der Waals surface area contributed by atoms with Gasteiger partial charge in [0, 0.05) is 23.1 Å². The van der Waals surface area contributed by atoms with Crippen molar-refractivity contribution in [2.24, 2.45) is 0 Å². The Balaban J connectivity index is 2.42. The zero-order valence-corrected chi connectivity index (χ0v) is 16.1. The largest absolute Gasteiger partial charge is 0.496 e. The van der Waals surface area contributed by atoms with Gasteiger partial charge in [0.25, 0.3) is 0 Å².